The van der Waals surface area contributed by atoms with Crippen molar-refractivity contribution < 1.29 is 28.6 Å². The number of carbonyl (C=O) groups excluding carboxylic acids is 3. The molecule has 0 aliphatic carbocycles. The summed E-state index contributed by atoms with van der Waals surface area (Å²) in [5, 5.41) is 2.56. The molecule has 0 heterocycles. The number of rotatable bonds is 7. The molecule has 0 aromatic rings. The molecule has 0 radical (unpaired) electrons. The van der Waals surface area contributed by atoms with E-state index in [0.29, 0.717) is 0 Å². The fourth-order valence-electron chi connectivity index (χ4n) is 1.24. The normalized spacial score (nSPS) is 12.3. The molecule has 0 saturated carbocycles. The van der Waals surface area contributed by atoms with Crippen LogP contribution in [0.5, 0.6) is 0 Å². The van der Waals surface area contributed by atoms with E-state index in [2.05, 4.69) is 10.1 Å². The van der Waals surface area contributed by atoms with Crippen LogP contribution in [0.2, 0.25) is 0 Å². The highest BCUT2D eigenvalue weighted by Gasteiger charge is 2.18. The van der Waals surface area contributed by atoms with Crippen LogP contribution in [0.4, 0.5) is 4.79 Å². The van der Waals surface area contributed by atoms with Gasteiger partial charge < -0.3 is 19.5 Å². The van der Waals surface area contributed by atoms with Crippen LogP contribution in [0.3, 0.4) is 0 Å². The monoisotopic (exact) mass is 301 g/mol. The van der Waals surface area contributed by atoms with E-state index in [9.17, 15) is 14.4 Å². The quantitative estimate of drug-likeness (QED) is 0.434. The van der Waals surface area contributed by atoms with Crippen molar-refractivity contribution in [1.82, 2.24) is 5.32 Å². The van der Waals surface area contributed by atoms with Crippen LogP contribution in [0.25, 0.3) is 0 Å². The summed E-state index contributed by atoms with van der Waals surface area (Å²) in [5.41, 5.74) is 0. The molecule has 0 aromatic carbocycles. The molecule has 0 aliphatic heterocycles. The Kier molecular flexibility index (Phi) is 8.84. The maximum absolute atomic E-state index is 11.5. The number of carbonyl (C=O) groups is 3. The van der Waals surface area contributed by atoms with Gasteiger partial charge in [-0.1, -0.05) is 13.8 Å². The Bertz CT molecular complexity index is 389. The molecular formula is C14H23NO6. The van der Waals surface area contributed by atoms with Gasteiger partial charge in [0.15, 0.2) is 0 Å². The number of amides is 1. The van der Waals surface area contributed by atoms with Crippen LogP contribution < -0.4 is 5.32 Å². The number of methoxy groups -OCH3 is 1. The van der Waals surface area contributed by atoms with Crippen molar-refractivity contribution in [3.05, 3.63) is 12.2 Å². The Morgan fingerprint density at radius 3 is 2.10 bits per heavy atom. The molecule has 1 N–H and O–H groups in total. The zero-order valence-electron chi connectivity index (χ0n) is 13.0. The molecular weight excluding hydrogens is 278 g/mol. The van der Waals surface area contributed by atoms with Gasteiger partial charge in [-0.3, -0.25) is 0 Å². The van der Waals surface area contributed by atoms with Crippen LogP contribution in [-0.2, 0) is 23.8 Å². The Labute approximate surface area is 124 Å². The minimum absolute atomic E-state index is 0.0187. The molecule has 0 aliphatic rings. The van der Waals surface area contributed by atoms with Gasteiger partial charge in [-0.2, -0.15) is 0 Å². The third-order valence-electron chi connectivity index (χ3n) is 2.41. The van der Waals surface area contributed by atoms with E-state index in [1.807, 2.05) is 13.8 Å². The number of ether oxygens (including phenoxy) is 3. The van der Waals surface area contributed by atoms with E-state index >= 15 is 0 Å². The van der Waals surface area contributed by atoms with Gasteiger partial charge in [-0.05, 0) is 19.8 Å². The van der Waals surface area contributed by atoms with Crippen molar-refractivity contribution in [3.8, 4) is 0 Å². The Balaban J connectivity index is 4.28. The largest absolute Gasteiger partial charge is 0.460 e. The average molecular weight is 301 g/mol. The molecule has 21 heavy (non-hydrogen) atoms. The summed E-state index contributed by atoms with van der Waals surface area (Å²) in [6.07, 6.45) is 1.13. The SMILES string of the molecule is COC(=O)N[C@H](COC(=O)/C=C/C(=O)OC(C)C)C(C)C. The summed E-state index contributed by atoms with van der Waals surface area (Å²) >= 11 is 0. The first-order valence-corrected chi connectivity index (χ1v) is 6.66. The molecule has 0 saturated heterocycles. The maximum Gasteiger partial charge on any atom is 0.407 e. The smallest absolute Gasteiger partial charge is 0.407 e. The number of alkyl carbamates (subject to hydrolysis) is 1. The standard InChI is InChI=1S/C14H23NO6/c1-9(2)11(15-14(18)19-5)8-20-12(16)6-7-13(17)21-10(3)4/h6-7,9-11H,8H2,1-5H3,(H,15,18)/b7-6+/t11-/m1/s1. The first kappa shape index (κ1) is 18.9. The van der Waals surface area contributed by atoms with E-state index in [0.717, 1.165) is 12.2 Å². The second kappa shape index (κ2) is 9.79. The lowest BCUT2D eigenvalue weighted by molar-refractivity contribution is -0.143. The molecule has 1 atom stereocenters. The molecule has 0 unspecified atom stereocenters. The third-order valence-corrected chi connectivity index (χ3v) is 2.41. The molecule has 0 fully saturated rings. The molecule has 120 valence electrons. The van der Waals surface area contributed by atoms with Gasteiger partial charge in [0.1, 0.15) is 6.61 Å². The van der Waals surface area contributed by atoms with E-state index in [1.165, 1.54) is 7.11 Å². The fourth-order valence-corrected chi connectivity index (χ4v) is 1.24. The lowest BCUT2D eigenvalue weighted by Crippen LogP contribution is -2.42. The van der Waals surface area contributed by atoms with Crippen molar-refractivity contribution in [1.29, 1.82) is 0 Å². The summed E-state index contributed by atoms with van der Waals surface area (Å²) in [7, 11) is 1.25. The number of hydrogen-bond acceptors (Lipinski definition) is 6. The van der Waals surface area contributed by atoms with Gasteiger partial charge in [0.2, 0.25) is 0 Å². The predicted octanol–water partition coefficient (Wildman–Crippen LogP) is 1.42. The van der Waals surface area contributed by atoms with E-state index in [-0.39, 0.29) is 24.7 Å². The second-order valence-electron chi connectivity index (χ2n) is 4.94. The van der Waals surface area contributed by atoms with Gasteiger partial charge in [0.05, 0.1) is 19.3 Å². The highest BCUT2D eigenvalue weighted by Crippen LogP contribution is 2.03. The molecule has 1 amide bonds. The molecule has 0 bridgehead atoms. The Hall–Kier alpha value is -2.05. The van der Waals surface area contributed by atoms with Gasteiger partial charge in [-0.15, -0.1) is 0 Å². The lowest BCUT2D eigenvalue weighted by atomic mass is 10.1. The predicted molar refractivity (Wildman–Crippen MR) is 75.5 cm³/mol. The van der Waals surface area contributed by atoms with Crippen molar-refractivity contribution in [3.63, 3.8) is 0 Å². The minimum Gasteiger partial charge on any atom is -0.460 e. The molecule has 0 aromatic heterocycles. The van der Waals surface area contributed by atoms with Crippen LogP contribution >= 0.6 is 0 Å². The summed E-state index contributed by atoms with van der Waals surface area (Å²) in [5.74, 6) is -1.25. The van der Waals surface area contributed by atoms with Crippen LogP contribution in [0, 0.1) is 5.92 Å². The summed E-state index contributed by atoms with van der Waals surface area (Å²) in [6.45, 7) is 7.12. The fraction of sp³-hybridized carbons (Fsp3) is 0.643. The van der Waals surface area contributed by atoms with Crippen molar-refractivity contribution in [2.45, 2.75) is 39.8 Å². The number of hydrogen-bond donors (Lipinski definition) is 1. The highest BCUT2D eigenvalue weighted by molar-refractivity contribution is 5.91. The maximum atomic E-state index is 11.5. The van der Waals surface area contributed by atoms with Gasteiger partial charge in [0.25, 0.3) is 0 Å². The Morgan fingerprint density at radius 1 is 1.05 bits per heavy atom. The van der Waals surface area contributed by atoms with Crippen LogP contribution in [0.1, 0.15) is 27.7 Å². The topological polar surface area (TPSA) is 90.9 Å². The van der Waals surface area contributed by atoms with E-state index in [1.54, 1.807) is 13.8 Å². The molecule has 7 heteroatoms. The van der Waals surface area contributed by atoms with Crippen molar-refractivity contribution >= 4 is 18.0 Å². The van der Waals surface area contributed by atoms with E-state index in [4.69, 9.17) is 9.47 Å². The van der Waals surface area contributed by atoms with E-state index < -0.39 is 18.0 Å². The van der Waals surface area contributed by atoms with Crippen molar-refractivity contribution in [2.75, 3.05) is 13.7 Å². The lowest BCUT2D eigenvalue weighted by Gasteiger charge is -2.20. The highest BCUT2D eigenvalue weighted by atomic mass is 16.5. The molecule has 0 spiro atoms. The number of esters is 2. The summed E-state index contributed by atoms with van der Waals surface area (Å²) in [6, 6.07) is -0.377. The van der Waals surface area contributed by atoms with Crippen LogP contribution in [0.15, 0.2) is 12.2 Å². The average Bonchev–Trinajstić information content (AvgIpc) is 2.39. The summed E-state index contributed by atoms with van der Waals surface area (Å²) < 4.78 is 14.3. The van der Waals surface area contributed by atoms with Gasteiger partial charge in [-0.25, -0.2) is 14.4 Å². The molecule has 7 nitrogen and oxygen atoms in total. The summed E-state index contributed by atoms with van der Waals surface area (Å²) in [4.78, 5) is 33.8. The van der Waals surface area contributed by atoms with Gasteiger partial charge >= 0.3 is 18.0 Å². The third kappa shape index (κ3) is 9.48. The minimum atomic E-state index is -0.687. The molecule has 0 rings (SSSR count). The first-order valence-electron chi connectivity index (χ1n) is 6.66. The zero-order valence-corrected chi connectivity index (χ0v) is 13.0. The van der Waals surface area contributed by atoms with Crippen LogP contribution in [-0.4, -0.2) is 43.9 Å². The second-order valence-corrected chi connectivity index (χ2v) is 4.94. The van der Waals surface area contributed by atoms with Crippen molar-refractivity contribution in [2.24, 2.45) is 5.92 Å². The first-order chi connectivity index (χ1) is 9.76. The van der Waals surface area contributed by atoms with Gasteiger partial charge in [0, 0.05) is 12.2 Å². The Morgan fingerprint density at radius 2 is 1.62 bits per heavy atom. The zero-order chi connectivity index (χ0) is 16.4. The number of nitrogens with one attached hydrogen (secondary N) is 1.